The summed E-state index contributed by atoms with van der Waals surface area (Å²) < 4.78 is 0. The smallest absolute Gasteiger partial charge is 0.318 e. The summed E-state index contributed by atoms with van der Waals surface area (Å²) in [7, 11) is 1.57. The third kappa shape index (κ3) is 2.71. The third-order valence-corrected chi connectivity index (χ3v) is 2.43. The molecule has 0 aliphatic rings. The van der Waals surface area contributed by atoms with Crippen molar-refractivity contribution in [2.75, 3.05) is 11.9 Å². The van der Waals surface area contributed by atoms with E-state index in [1.807, 2.05) is 0 Å². The lowest BCUT2D eigenvalue weighted by Gasteiger charge is -2.19. The summed E-state index contributed by atoms with van der Waals surface area (Å²) >= 11 is 0. The molecule has 5 nitrogen and oxygen atoms in total. The van der Waals surface area contributed by atoms with Gasteiger partial charge in [0.1, 0.15) is 0 Å². The summed E-state index contributed by atoms with van der Waals surface area (Å²) in [6.07, 6.45) is -0.749. The standard InChI is InChI=1S/C11H17N3O2/c1-7(12)10(15)8-4-3-5-9(6-8)14(2)11(13)16/h3-7,10,15H,12H2,1-2H3,(H2,13,16). The topological polar surface area (TPSA) is 92.6 Å². The van der Waals surface area contributed by atoms with Gasteiger partial charge in [-0.25, -0.2) is 4.79 Å². The molecule has 0 aliphatic heterocycles. The average molecular weight is 223 g/mol. The molecule has 0 bridgehead atoms. The molecule has 5 N–H and O–H groups in total. The van der Waals surface area contributed by atoms with Gasteiger partial charge in [-0.3, -0.25) is 4.90 Å². The fourth-order valence-corrected chi connectivity index (χ4v) is 1.35. The van der Waals surface area contributed by atoms with Gasteiger partial charge in [0.25, 0.3) is 0 Å². The highest BCUT2D eigenvalue weighted by Crippen LogP contribution is 2.21. The number of carbonyl (C=O) groups is 1. The lowest BCUT2D eigenvalue weighted by Crippen LogP contribution is -2.32. The number of aliphatic hydroxyl groups is 1. The first-order valence-corrected chi connectivity index (χ1v) is 5.00. The number of carbonyl (C=O) groups excluding carboxylic acids is 1. The third-order valence-electron chi connectivity index (χ3n) is 2.43. The average Bonchev–Trinajstić information content (AvgIpc) is 2.26. The second-order valence-corrected chi connectivity index (χ2v) is 3.80. The molecule has 2 unspecified atom stereocenters. The van der Waals surface area contributed by atoms with E-state index in [0.29, 0.717) is 11.3 Å². The first kappa shape index (κ1) is 12.5. The van der Waals surface area contributed by atoms with E-state index in [1.54, 1.807) is 38.2 Å². The number of nitrogens with zero attached hydrogens (tertiary/aromatic N) is 1. The second kappa shape index (κ2) is 4.96. The number of nitrogens with two attached hydrogens (primary N) is 2. The Morgan fingerprint density at radius 2 is 2.12 bits per heavy atom. The fraction of sp³-hybridized carbons (Fsp3) is 0.364. The normalized spacial score (nSPS) is 14.2. The van der Waals surface area contributed by atoms with Crippen LogP contribution < -0.4 is 16.4 Å². The molecule has 0 aromatic heterocycles. The van der Waals surface area contributed by atoms with Gasteiger partial charge in [0.05, 0.1) is 6.10 Å². The van der Waals surface area contributed by atoms with Gasteiger partial charge in [-0.1, -0.05) is 12.1 Å². The van der Waals surface area contributed by atoms with Crippen molar-refractivity contribution in [3.63, 3.8) is 0 Å². The molecule has 0 spiro atoms. The van der Waals surface area contributed by atoms with Gasteiger partial charge in [-0.2, -0.15) is 0 Å². The minimum absolute atomic E-state index is 0.367. The van der Waals surface area contributed by atoms with Crippen LogP contribution in [0.25, 0.3) is 0 Å². The van der Waals surface area contributed by atoms with Gasteiger partial charge in [-0.15, -0.1) is 0 Å². The Morgan fingerprint density at radius 3 is 2.62 bits per heavy atom. The number of primary amides is 1. The van der Waals surface area contributed by atoms with Crippen molar-refractivity contribution in [2.45, 2.75) is 19.1 Å². The highest BCUT2D eigenvalue weighted by atomic mass is 16.3. The Hall–Kier alpha value is -1.59. The monoisotopic (exact) mass is 223 g/mol. The number of benzene rings is 1. The van der Waals surface area contributed by atoms with Crippen LogP contribution in [0.3, 0.4) is 0 Å². The molecule has 0 aliphatic carbocycles. The molecule has 1 aromatic carbocycles. The first-order chi connectivity index (χ1) is 7.43. The molecule has 2 atom stereocenters. The van der Waals surface area contributed by atoms with Crippen LogP contribution in [0.4, 0.5) is 10.5 Å². The van der Waals surface area contributed by atoms with Crippen LogP contribution in [0.2, 0.25) is 0 Å². The van der Waals surface area contributed by atoms with Crippen LogP contribution >= 0.6 is 0 Å². The molecule has 88 valence electrons. The Labute approximate surface area is 94.7 Å². The van der Waals surface area contributed by atoms with Crippen LogP contribution in [-0.2, 0) is 0 Å². The Kier molecular flexibility index (Phi) is 3.87. The Balaban J connectivity index is 2.99. The molecule has 2 amide bonds. The minimum Gasteiger partial charge on any atom is -0.387 e. The van der Waals surface area contributed by atoms with Crippen molar-refractivity contribution in [3.05, 3.63) is 29.8 Å². The van der Waals surface area contributed by atoms with E-state index in [0.717, 1.165) is 0 Å². The quantitative estimate of drug-likeness (QED) is 0.699. The van der Waals surface area contributed by atoms with Crippen molar-refractivity contribution >= 4 is 11.7 Å². The van der Waals surface area contributed by atoms with Crippen molar-refractivity contribution in [2.24, 2.45) is 11.5 Å². The number of hydrogen-bond acceptors (Lipinski definition) is 3. The van der Waals surface area contributed by atoms with E-state index in [9.17, 15) is 9.90 Å². The molecule has 0 heterocycles. The van der Waals surface area contributed by atoms with Crippen molar-refractivity contribution in [3.8, 4) is 0 Å². The zero-order valence-corrected chi connectivity index (χ0v) is 9.42. The summed E-state index contributed by atoms with van der Waals surface area (Å²) in [4.78, 5) is 12.3. The van der Waals surface area contributed by atoms with E-state index in [4.69, 9.17) is 11.5 Å². The molecule has 0 saturated heterocycles. The largest absolute Gasteiger partial charge is 0.387 e. The summed E-state index contributed by atoms with van der Waals surface area (Å²) in [6, 6.07) is 6.02. The number of aliphatic hydroxyl groups excluding tert-OH is 1. The zero-order valence-electron chi connectivity index (χ0n) is 9.42. The molecule has 16 heavy (non-hydrogen) atoms. The van der Waals surface area contributed by atoms with E-state index in [1.165, 1.54) is 4.90 Å². The maximum Gasteiger partial charge on any atom is 0.318 e. The summed E-state index contributed by atoms with van der Waals surface area (Å²) in [5.74, 6) is 0. The number of amides is 2. The summed E-state index contributed by atoms with van der Waals surface area (Å²) in [5.41, 5.74) is 12.0. The predicted octanol–water partition coefficient (Wildman–Crippen LogP) is 0.582. The maximum atomic E-state index is 11.0. The highest BCUT2D eigenvalue weighted by Gasteiger charge is 2.14. The number of hydrogen-bond donors (Lipinski definition) is 3. The molecule has 1 aromatic rings. The van der Waals surface area contributed by atoms with Crippen LogP contribution in [-0.4, -0.2) is 24.2 Å². The van der Waals surface area contributed by atoms with Crippen LogP contribution in [0, 0.1) is 0 Å². The molecular weight excluding hydrogens is 206 g/mol. The van der Waals surface area contributed by atoms with Gasteiger partial charge in [-0.05, 0) is 24.6 Å². The Bertz CT molecular complexity index is 379. The SMILES string of the molecule is CC(N)C(O)c1cccc(N(C)C(N)=O)c1. The molecule has 0 saturated carbocycles. The van der Waals surface area contributed by atoms with Gasteiger partial charge in [0, 0.05) is 18.8 Å². The minimum atomic E-state index is -0.749. The Morgan fingerprint density at radius 1 is 1.50 bits per heavy atom. The van der Waals surface area contributed by atoms with Crippen LogP contribution in [0.15, 0.2) is 24.3 Å². The van der Waals surface area contributed by atoms with E-state index in [2.05, 4.69) is 0 Å². The fourth-order valence-electron chi connectivity index (χ4n) is 1.35. The highest BCUT2D eigenvalue weighted by molar-refractivity contribution is 5.90. The second-order valence-electron chi connectivity index (χ2n) is 3.80. The lowest BCUT2D eigenvalue weighted by molar-refractivity contribution is 0.153. The molecule has 0 fully saturated rings. The summed E-state index contributed by atoms with van der Waals surface area (Å²) in [5, 5.41) is 9.78. The van der Waals surface area contributed by atoms with Crippen LogP contribution in [0.5, 0.6) is 0 Å². The predicted molar refractivity (Wildman–Crippen MR) is 63.0 cm³/mol. The van der Waals surface area contributed by atoms with E-state index in [-0.39, 0.29) is 6.04 Å². The lowest BCUT2D eigenvalue weighted by atomic mass is 10.0. The van der Waals surface area contributed by atoms with E-state index < -0.39 is 12.1 Å². The number of rotatable bonds is 3. The van der Waals surface area contributed by atoms with Gasteiger partial charge >= 0.3 is 6.03 Å². The van der Waals surface area contributed by atoms with Crippen molar-refractivity contribution in [1.29, 1.82) is 0 Å². The van der Waals surface area contributed by atoms with Gasteiger partial charge in [0.2, 0.25) is 0 Å². The maximum absolute atomic E-state index is 11.0. The molecule has 5 heteroatoms. The first-order valence-electron chi connectivity index (χ1n) is 5.00. The molecule has 1 rings (SSSR count). The van der Waals surface area contributed by atoms with Gasteiger partial charge in [0.15, 0.2) is 0 Å². The van der Waals surface area contributed by atoms with Crippen LogP contribution in [0.1, 0.15) is 18.6 Å². The zero-order chi connectivity index (χ0) is 12.3. The van der Waals surface area contributed by atoms with E-state index >= 15 is 0 Å². The molecular formula is C11H17N3O2. The molecule has 0 radical (unpaired) electrons. The van der Waals surface area contributed by atoms with Gasteiger partial charge < -0.3 is 16.6 Å². The number of urea groups is 1. The van der Waals surface area contributed by atoms with Crippen molar-refractivity contribution in [1.82, 2.24) is 0 Å². The summed E-state index contributed by atoms with van der Waals surface area (Å²) in [6.45, 7) is 1.72. The number of anilines is 1. The van der Waals surface area contributed by atoms with Crippen molar-refractivity contribution < 1.29 is 9.90 Å².